The van der Waals surface area contributed by atoms with E-state index in [2.05, 4.69) is 16.0 Å². The van der Waals surface area contributed by atoms with E-state index >= 15 is 0 Å². The van der Waals surface area contributed by atoms with E-state index in [1.165, 1.54) is 28.0 Å². The fourth-order valence-corrected chi connectivity index (χ4v) is 5.65. The minimum Gasteiger partial charge on any atom is -0.497 e. The molecule has 1 aliphatic heterocycles. The first-order chi connectivity index (χ1) is 23.8. The molecule has 16 heteroatoms. The number of ether oxygens (including phenoxy) is 3. The number of esters is 2. The molecule has 52 heavy (non-hydrogen) atoms. The van der Waals surface area contributed by atoms with Gasteiger partial charge in [-0.25, -0.2) is 4.79 Å². The van der Waals surface area contributed by atoms with E-state index in [1.807, 2.05) is 13.8 Å². The Hall–Kier alpha value is -3.95. The van der Waals surface area contributed by atoms with Crippen molar-refractivity contribution in [3.63, 3.8) is 0 Å². The second-order valence-corrected chi connectivity index (χ2v) is 14.3. The molecule has 0 aliphatic carbocycles. The summed E-state index contributed by atoms with van der Waals surface area (Å²) in [5, 5.41) is 19.0. The Bertz CT molecular complexity index is 1380. The van der Waals surface area contributed by atoms with Crippen molar-refractivity contribution in [1.82, 2.24) is 20.9 Å². The van der Waals surface area contributed by atoms with Crippen molar-refractivity contribution in [2.75, 3.05) is 14.2 Å². The van der Waals surface area contributed by atoms with Crippen molar-refractivity contribution in [3.05, 3.63) is 29.8 Å². The lowest BCUT2D eigenvalue weighted by Crippen LogP contribution is -2.57. The van der Waals surface area contributed by atoms with Gasteiger partial charge in [0, 0.05) is 13.5 Å². The summed E-state index contributed by atoms with van der Waals surface area (Å²) in [7, 11) is 2.92. The summed E-state index contributed by atoms with van der Waals surface area (Å²) in [6.07, 6.45) is -4.26. The predicted octanol–water partition coefficient (Wildman–Crippen LogP) is 1.25. The fourth-order valence-electron chi connectivity index (χ4n) is 5.65. The SMILES string of the molecule is COc1ccc(C[C@H]2C(=O)O[C@H](C)[C@H](N)C(=O)N[C@H](C(C)C)[C@@H](O)CC(=O)O[C@@H](C(C)C)C(=O)N[C@@H](CC(C)C)C(=O)N[C@@H](C)C(=O)N2C)cc1.Cl. The number of halogens is 1. The number of likely N-dealkylation sites (N-methyl/N-ethyl adjacent to an activating group) is 1. The lowest BCUT2D eigenvalue weighted by Gasteiger charge is -2.32. The maximum absolute atomic E-state index is 13.8. The number of rotatable bonds is 7. The highest BCUT2D eigenvalue weighted by Gasteiger charge is 2.38. The molecule has 0 spiro atoms. The molecule has 0 bridgehead atoms. The zero-order valence-corrected chi connectivity index (χ0v) is 32.7. The van der Waals surface area contributed by atoms with E-state index in [0.29, 0.717) is 11.3 Å². The average molecular weight is 756 g/mol. The van der Waals surface area contributed by atoms with Crippen LogP contribution in [0, 0.1) is 17.8 Å². The number of nitrogens with zero attached hydrogens (tertiary/aromatic N) is 1. The van der Waals surface area contributed by atoms with E-state index in [9.17, 15) is 33.9 Å². The minimum atomic E-state index is -1.43. The highest BCUT2D eigenvalue weighted by atomic mass is 35.5. The molecule has 1 aliphatic rings. The molecule has 8 atom stereocenters. The zero-order chi connectivity index (χ0) is 38.7. The van der Waals surface area contributed by atoms with Gasteiger partial charge in [0.15, 0.2) is 6.10 Å². The highest BCUT2D eigenvalue weighted by molar-refractivity contribution is 5.94. The average Bonchev–Trinajstić information content (AvgIpc) is 3.05. The Labute approximate surface area is 312 Å². The molecule has 0 radical (unpaired) electrons. The molecule has 0 unspecified atom stereocenters. The monoisotopic (exact) mass is 755 g/mol. The van der Waals surface area contributed by atoms with Gasteiger partial charge in [0.1, 0.15) is 36.0 Å². The van der Waals surface area contributed by atoms with Gasteiger partial charge in [-0.1, -0.05) is 53.7 Å². The van der Waals surface area contributed by atoms with Gasteiger partial charge < -0.3 is 45.9 Å². The Morgan fingerprint density at radius 1 is 0.885 bits per heavy atom. The number of carbonyl (C=O) groups excluding carboxylic acids is 6. The first kappa shape index (κ1) is 46.1. The van der Waals surface area contributed by atoms with Crippen LogP contribution in [0.25, 0.3) is 0 Å². The van der Waals surface area contributed by atoms with Gasteiger partial charge in [0.25, 0.3) is 5.91 Å². The predicted molar refractivity (Wildman–Crippen MR) is 195 cm³/mol. The van der Waals surface area contributed by atoms with E-state index in [1.54, 1.807) is 52.0 Å². The van der Waals surface area contributed by atoms with Gasteiger partial charge in [-0.2, -0.15) is 0 Å². The molecular weight excluding hydrogens is 698 g/mol. The number of aliphatic hydroxyl groups is 1. The third-order valence-corrected chi connectivity index (χ3v) is 8.79. The number of nitrogens with two attached hydrogens (primary N) is 1. The number of amides is 4. The standard InChI is InChI=1S/C36H57N5O10.ClH/c1-18(2)15-25-32(44)38-21(7)35(47)41(9)26(16-23-11-13-24(49-10)14-12-23)36(48)50-22(8)29(37)33(45)40-30(19(3)4)27(42)17-28(43)51-31(20(5)6)34(46)39-25;/h11-14,18-22,25-27,29-31,42H,15-17,37H2,1-10H3,(H,38,44)(H,39,46)(H,40,45);1H/t21-,22+,25-,26-,27-,29-,30+,31-;/m0./s1. The van der Waals surface area contributed by atoms with Crippen LogP contribution >= 0.6 is 12.4 Å². The van der Waals surface area contributed by atoms with Gasteiger partial charge in [-0.3, -0.25) is 24.0 Å². The maximum atomic E-state index is 13.8. The number of carbonyl (C=O) groups is 6. The summed E-state index contributed by atoms with van der Waals surface area (Å²) in [4.78, 5) is 82.0. The lowest BCUT2D eigenvalue weighted by atomic mass is 9.95. The van der Waals surface area contributed by atoms with Crippen LogP contribution < -0.4 is 26.4 Å². The van der Waals surface area contributed by atoms with Crippen LogP contribution in [0.1, 0.15) is 73.8 Å². The van der Waals surface area contributed by atoms with Crippen LogP contribution in [0.15, 0.2) is 24.3 Å². The van der Waals surface area contributed by atoms with Crippen LogP contribution in [-0.2, 0) is 44.7 Å². The van der Waals surface area contributed by atoms with Crippen molar-refractivity contribution in [2.45, 2.75) is 123 Å². The molecule has 294 valence electrons. The summed E-state index contributed by atoms with van der Waals surface area (Å²) in [6, 6.07) is 1.06. The molecule has 6 N–H and O–H groups in total. The fraction of sp³-hybridized carbons (Fsp3) is 0.667. The number of methoxy groups -OCH3 is 1. The Morgan fingerprint density at radius 2 is 1.48 bits per heavy atom. The summed E-state index contributed by atoms with van der Waals surface area (Å²) >= 11 is 0. The highest BCUT2D eigenvalue weighted by Crippen LogP contribution is 2.19. The normalized spacial score (nSPS) is 27.9. The second kappa shape index (κ2) is 20.9. The number of benzene rings is 1. The van der Waals surface area contributed by atoms with E-state index < -0.39 is 96.4 Å². The molecule has 0 aromatic heterocycles. The first-order valence-electron chi connectivity index (χ1n) is 17.4. The van der Waals surface area contributed by atoms with Gasteiger partial charge in [0.2, 0.25) is 17.7 Å². The summed E-state index contributed by atoms with van der Waals surface area (Å²) < 4.78 is 16.4. The quantitative estimate of drug-likeness (QED) is 0.250. The lowest BCUT2D eigenvalue weighted by molar-refractivity contribution is -0.161. The van der Waals surface area contributed by atoms with Crippen LogP contribution in [-0.4, -0.2) is 108 Å². The van der Waals surface area contributed by atoms with Gasteiger partial charge in [0.05, 0.1) is 25.7 Å². The van der Waals surface area contributed by atoms with Crippen molar-refractivity contribution in [3.8, 4) is 5.75 Å². The minimum absolute atomic E-state index is 0. The molecule has 15 nitrogen and oxygen atoms in total. The Kier molecular flexibility index (Phi) is 18.5. The number of cyclic esters (lactones) is 2. The molecule has 0 saturated carbocycles. The van der Waals surface area contributed by atoms with Gasteiger partial charge in [-0.05, 0) is 55.7 Å². The summed E-state index contributed by atoms with van der Waals surface area (Å²) in [5.74, 6) is -4.87. The smallest absolute Gasteiger partial charge is 0.329 e. The van der Waals surface area contributed by atoms with Gasteiger partial charge in [-0.15, -0.1) is 12.4 Å². The molecule has 2 rings (SSSR count). The second-order valence-electron chi connectivity index (χ2n) is 14.3. The van der Waals surface area contributed by atoms with Crippen molar-refractivity contribution < 1.29 is 48.1 Å². The molecular formula is C36H58ClN5O10. The number of hydrogen-bond donors (Lipinski definition) is 5. The summed E-state index contributed by atoms with van der Waals surface area (Å²) in [6.45, 7) is 13.4. The first-order valence-corrected chi connectivity index (χ1v) is 17.4. The Balaban J connectivity index is 0.0000135. The van der Waals surface area contributed by atoms with E-state index in [0.717, 1.165) is 4.90 Å². The number of nitrogens with one attached hydrogen (secondary N) is 3. The number of aliphatic hydroxyl groups excluding tert-OH is 1. The summed E-state index contributed by atoms with van der Waals surface area (Å²) in [5.41, 5.74) is 6.89. The largest absolute Gasteiger partial charge is 0.497 e. The van der Waals surface area contributed by atoms with E-state index in [-0.39, 0.29) is 37.1 Å². The molecule has 1 fully saturated rings. The Morgan fingerprint density at radius 3 is 2.00 bits per heavy atom. The molecule has 1 aromatic rings. The van der Waals surface area contributed by atoms with Crippen LogP contribution in [0.3, 0.4) is 0 Å². The van der Waals surface area contributed by atoms with E-state index in [4.69, 9.17) is 19.9 Å². The van der Waals surface area contributed by atoms with Gasteiger partial charge >= 0.3 is 11.9 Å². The van der Waals surface area contributed by atoms with Crippen LogP contribution in [0.4, 0.5) is 0 Å². The number of hydrogen-bond acceptors (Lipinski definition) is 11. The molecule has 1 heterocycles. The van der Waals surface area contributed by atoms with Crippen molar-refractivity contribution in [1.29, 1.82) is 0 Å². The van der Waals surface area contributed by atoms with Crippen molar-refractivity contribution in [2.24, 2.45) is 23.5 Å². The topological polar surface area (TPSA) is 216 Å². The third-order valence-electron chi connectivity index (χ3n) is 8.79. The van der Waals surface area contributed by atoms with Crippen LogP contribution in [0.2, 0.25) is 0 Å². The molecule has 1 saturated heterocycles. The van der Waals surface area contributed by atoms with Crippen LogP contribution in [0.5, 0.6) is 5.75 Å². The zero-order valence-electron chi connectivity index (χ0n) is 31.8. The molecule has 4 amide bonds. The molecule has 1 aromatic carbocycles. The third kappa shape index (κ3) is 13.2. The maximum Gasteiger partial charge on any atom is 0.329 e. The van der Waals surface area contributed by atoms with Crippen molar-refractivity contribution >= 4 is 48.0 Å².